The third kappa shape index (κ3) is 4.89. The van der Waals surface area contributed by atoms with Gasteiger partial charge in [-0.15, -0.1) is 0 Å². The van der Waals surface area contributed by atoms with Crippen molar-refractivity contribution in [3.8, 4) is 0 Å². The molecule has 0 spiro atoms. The van der Waals surface area contributed by atoms with E-state index in [1.165, 1.54) is 0 Å². The molecule has 134 valence electrons. The minimum atomic E-state index is -6.91. The van der Waals surface area contributed by atoms with Gasteiger partial charge in [0.1, 0.15) is 0 Å². The second kappa shape index (κ2) is 6.42. The summed E-state index contributed by atoms with van der Waals surface area (Å²) in [7, 11) is -3.92. The highest BCUT2D eigenvalue weighted by Gasteiger charge is 2.81. The lowest BCUT2D eigenvalue weighted by Crippen LogP contribution is -2.60. The van der Waals surface area contributed by atoms with Crippen LogP contribution in [0.5, 0.6) is 0 Å². The summed E-state index contributed by atoms with van der Waals surface area (Å²) in [5.41, 5.74) is 0. The van der Waals surface area contributed by atoms with Crippen molar-refractivity contribution in [1.82, 2.24) is 0 Å². The summed E-state index contributed by atoms with van der Waals surface area (Å²) >= 11 is 0. The van der Waals surface area contributed by atoms with Crippen LogP contribution in [0.2, 0.25) is 0 Å². The zero-order valence-corrected chi connectivity index (χ0v) is 11.7. The molecule has 0 N–H and O–H groups in total. The first-order valence-corrected chi connectivity index (χ1v) is 7.32. The summed E-state index contributed by atoms with van der Waals surface area (Å²) in [6, 6.07) is 0. The maximum atomic E-state index is 13.0. The summed E-state index contributed by atoms with van der Waals surface area (Å²) in [4.78, 5) is 0. The van der Waals surface area contributed by atoms with Gasteiger partial charge in [-0.05, 0) is 12.8 Å². The largest absolute Gasteiger partial charge is 0.460 e. The maximum absolute atomic E-state index is 13.0. The Morgan fingerprint density at radius 3 is 1.64 bits per heavy atom. The van der Waals surface area contributed by atoms with Gasteiger partial charge in [0.2, 0.25) is 0 Å². The third-order valence-electron chi connectivity index (χ3n) is 2.39. The van der Waals surface area contributed by atoms with E-state index in [-0.39, 0.29) is 0 Å². The molecule has 0 atom stereocenters. The standard InChI is InChI=1S/C9H11F9O3S/c1-22(19,20)21-5-3-2-4-6(10,11)7(12,13)8(14,15)9(16,17)18/h2-5H2,1H3. The Hall–Kier alpha value is -0.720. The first kappa shape index (κ1) is 21.3. The van der Waals surface area contributed by atoms with Crippen LogP contribution in [0.4, 0.5) is 39.5 Å². The van der Waals surface area contributed by atoms with Crippen molar-refractivity contribution in [3.63, 3.8) is 0 Å². The van der Waals surface area contributed by atoms with Crippen LogP contribution in [0.25, 0.3) is 0 Å². The molecule has 0 aliphatic heterocycles. The lowest BCUT2D eigenvalue weighted by Gasteiger charge is -2.33. The molecule has 0 aromatic carbocycles. The van der Waals surface area contributed by atoms with Crippen LogP contribution in [-0.4, -0.2) is 45.2 Å². The third-order valence-corrected chi connectivity index (χ3v) is 2.99. The number of rotatable bonds is 8. The van der Waals surface area contributed by atoms with E-state index in [1.807, 2.05) is 0 Å². The molecule has 0 aromatic rings. The van der Waals surface area contributed by atoms with Crippen LogP contribution in [-0.2, 0) is 14.3 Å². The van der Waals surface area contributed by atoms with Crippen LogP contribution in [0.3, 0.4) is 0 Å². The van der Waals surface area contributed by atoms with Crippen molar-refractivity contribution in [2.75, 3.05) is 12.9 Å². The van der Waals surface area contributed by atoms with E-state index in [0.29, 0.717) is 6.26 Å². The van der Waals surface area contributed by atoms with Crippen molar-refractivity contribution in [3.05, 3.63) is 0 Å². The summed E-state index contributed by atoms with van der Waals surface area (Å²) in [5.74, 6) is -19.2. The van der Waals surface area contributed by atoms with Gasteiger partial charge in [0.05, 0.1) is 12.9 Å². The molecule has 3 nitrogen and oxygen atoms in total. The van der Waals surface area contributed by atoms with Crippen LogP contribution in [0.15, 0.2) is 0 Å². The monoisotopic (exact) mass is 370 g/mol. The molecule has 0 amide bonds. The van der Waals surface area contributed by atoms with Crippen LogP contribution in [0.1, 0.15) is 19.3 Å². The molecule has 0 aliphatic carbocycles. The van der Waals surface area contributed by atoms with E-state index in [1.54, 1.807) is 0 Å². The normalized spacial score (nSPS) is 15.2. The topological polar surface area (TPSA) is 43.4 Å². The quantitative estimate of drug-likeness (QED) is 0.373. The molecule has 0 aliphatic rings. The zero-order valence-electron chi connectivity index (χ0n) is 10.9. The Labute approximate surface area is 119 Å². The molecule has 13 heteroatoms. The van der Waals surface area contributed by atoms with Gasteiger partial charge in [0.25, 0.3) is 10.1 Å². The van der Waals surface area contributed by atoms with Gasteiger partial charge < -0.3 is 0 Å². The van der Waals surface area contributed by atoms with Gasteiger partial charge in [-0.1, -0.05) is 0 Å². The predicted molar refractivity (Wildman–Crippen MR) is 55.5 cm³/mol. The molecule has 0 radical (unpaired) electrons. The highest BCUT2D eigenvalue weighted by molar-refractivity contribution is 7.85. The number of alkyl halides is 9. The van der Waals surface area contributed by atoms with Gasteiger partial charge in [0, 0.05) is 6.42 Å². The molecule has 0 saturated heterocycles. The fourth-order valence-electron chi connectivity index (χ4n) is 1.22. The molecule has 0 bridgehead atoms. The molecule has 0 aromatic heterocycles. The van der Waals surface area contributed by atoms with Crippen LogP contribution >= 0.6 is 0 Å². The van der Waals surface area contributed by atoms with Crippen molar-refractivity contribution < 1.29 is 52.1 Å². The smallest absolute Gasteiger partial charge is 0.270 e. The highest BCUT2D eigenvalue weighted by atomic mass is 32.2. The predicted octanol–water partition coefficient (Wildman–Crippen LogP) is 3.60. The Morgan fingerprint density at radius 1 is 0.818 bits per heavy atom. The fourth-order valence-corrected chi connectivity index (χ4v) is 1.64. The summed E-state index contributed by atoms with van der Waals surface area (Å²) in [6.07, 6.45) is -9.75. The molecule has 0 fully saturated rings. The Kier molecular flexibility index (Phi) is 6.21. The minimum absolute atomic E-state index is 0.559. The molecular formula is C9H11F9O3S. The lowest BCUT2D eigenvalue weighted by molar-refractivity contribution is -0.396. The van der Waals surface area contributed by atoms with E-state index in [2.05, 4.69) is 4.18 Å². The summed E-state index contributed by atoms with van der Waals surface area (Å²) < 4.78 is 137. The second-order valence-electron chi connectivity index (χ2n) is 4.33. The fraction of sp³-hybridized carbons (Fsp3) is 1.00. The van der Waals surface area contributed by atoms with Gasteiger partial charge in [0.15, 0.2) is 0 Å². The zero-order chi connectivity index (χ0) is 18.0. The van der Waals surface area contributed by atoms with Gasteiger partial charge in [-0.3, -0.25) is 4.18 Å². The van der Waals surface area contributed by atoms with Crippen molar-refractivity contribution in [2.24, 2.45) is 0 Å². The molecule has 0 heterocycles. The minimum Gasteiger partial charge on any atom is -0.270 e. The van der Waals surface area contributed by atoms with E-state index < -0.39 is 59.9 Å². The van der Waals surface area contributed by atoms with Crippen molar-refractivity contribution in [1.29, 1.82) is 0 Å². The molecule has 0 unspecified atom stereocenters. The Balaban J connectivity index is 4.79. The van der Waals surface area contributed by atoms with Crippen LogP contribution < -0.4 is 0 Å². The van der Waals surface area contributed by atoms with E-state index >= 15 is 0 Å². The summed E-state index contributed by atoms with van der Waals surface area (Å²) in [6.45, 7) is -0.698. The highest BCUT2D eigenvalue weighted by Crippen LogP contribution is 2.54. The van der Waals surface area contributed by atoms with Gasteiger partial charge in [-0.25, -0.2) is 0 Å². The number of hydrogen-bond acceptors (Lipinski definition) is 3. The van der Waals surface area contributed by atoms with Crippen molar-refractivity contribution >= 4 is 10.1 Å². The number of halogens is 9. The SMILES string of the molecule is CS(=O)(=O)OCCCCC(F)(F)C(F)(F)C(F)(F)C(F)(F)F. The first-order valence-electron chi connectivity index (χ1n) is 5.50. The van der Waals surface area contributed by atoms with E-state index in [4.69, 9.17) is 0 Å². The molecule has 0 saturated carbocycles. The Morgan fingerprint density at radius 2 is 1.27 bits per heavy atom. The van der Waals surface area contributed by atoms with Crippen molar-refractivity contribution in [2.45, 2.75) is 43.2 Å². The van der Waals surface area contributed by atoms with Gasteiger partial charge in [-0.2, -0.15) is 47.9 Å². The van der Waals surface area contributed by atoms with E-state index in [0.717, 1.165) is 0 Å². The summed E-state index contributed by atoms with van der Waals surface area (Å²) in [5, 5.41) is 0. The van der Waals surface area contributed by atoms with Crippen LogP contribution in [0, 0.1) is 0 Å². The lowest BCUT2D eigenvalue weighted by atomic mass is 9.99. The molecule has 22 heavy (non-hydrogen) atoms. The first-order chi connectivity index (χ1) is 9.46. The van der Waals surface area contributed by atoms with Gasteiger partial charge >= 0.3 is 23.9 Å². The average molecular weight is 370 g/mol. The number of hydrogen-bond donors (Lipinski definition) is 0. The molecule has 0 rings (SSSR count). The maximum Gasteiger partial charge on any atom is 0.460 e. The van der Waals surface area contributed by atoms with E-state index in [9.17, 15) is 47.9 Å². The second-order valence-corrected chi connectivity index (χ2v) is 5.98. The Bertz CT molecular complexity index is 469. The number of unbranched alkanes of at least 4 members (excludes halogenated alkanes) is 1. The molecular weight excluding hydrogens is 359 g/mol. The average Bonchev–Trinajstić information content (AvgIpc) is 2.24.